The molecule has 0 fully saturated rings. The summed E-state index contributed by atoms with van der Waals surface area (Å²) in [6.45, 7) is 1.39. The molecule has 0 amide bonds. The highest BCUT2D eigenvalue weighted by molar-refractivity contribution is 5.32. The quantitative estimate of drug-likeness (QED) is 0.772. The topological polar surface area (TPSA) is 49.7 Å². The molecule has 2 N–H and O–H groups in total. The van der Waals surface area contributed by atoms with Crippen LogP contribution >= 0.6 is 0 Å². The lowest BCUT2D eigenvalue weighted by Gasteiger charge is -2.15. The summed E-state index contributed by atoms with van der Waals surface area (Å²) in [5, 5.41) is 18.6. The van der Waals surface area contributed by atoms with Crippen molar-refractivity contribution in [1.82, 2.24) is 0 Å². The van der Waals surface area contributed by atoms with E-state index in [2.05, 4.69) is 0 Å². The first-order valence-electron chi connectivity index (χ1n) is 4.26. The van der Waals surface area contributed by atoms with Gasteiger partial charge in [-0.1, -0.05) is 12.1 Å². The summed E-state index contributed by atoms with van der Waals surface area (Å²) in [4.78, 5) is 0. The van der Waals surface area contributed by atoms with Gasteiger partial charge >= 0.3 is 0 Å². The average Bonchev–Trinajstić information content (AvgIpc) is 2.17. The largest absolute Gasteiger partial charge is 0.494 e. The second-order valence-corrected chi connectivity index (χ2v) is 3.05. The Kier molecular flexibility index (Phi) is 3.43. The third-order valence-electron chi connectivity index (χ3n) is 1.99. The molecule has 14 heavy (non-hydrogen) atoms. The monoisotopic (exact) mass is 200 g/mol. The third kappa shape index (κ3) is 2.02. The van der Waals surface area contributed by atoms with Crippen molar-refractivity contribution in [3.63, 3.8) is 0 Å². The van der Waals surface area contributed by atoms with Crippen molar-refractivity contribution in [3.05, 3.63) is 29.6 Å². The van der Waals surface area contributed by atoms with Crippen LogP contribution in [0.3, 0.4) is 0 Å². The van der Waals surface area contributed by atoms with Gasteiger partial charge in [-0.2, -0.15) is 0 Å². The van der Waals surface area contributed by atoms with E-state index in [1.165, 1.54) is 26.2 Å². The fourth-order valence-electron chi connectivity index (χ4n) is 1.17. The number of aliphatic hydroxyl groups excluding tert-OH is 2. The molecule has 0 aliphatic carbocycles. The van der Waals surface area contributed by atoms with Crippen molar-refractivity contribution < 1.29 is 19.3 Å². The van der Waals surface area contributed by atoms with Crippen LogP contribution in [0.5, 0.6) is 5.75 Å². The van der Waals surface area contributed by atoms with E-state index in [0.717, 1.165) is 0 Å². The van der Waals surface area contributed by atoms with Crippen LogP contribution in [0.4, 0.5) is 4.39 Å². The molecule has 4 heteroatoms. The van der Waals surface area contributed by atoms with Gasteiger partial charge in [-0.05, 0) is 13.0 Å². The first-order chi connectivity index (χ1) is 6.57. The zero-order valence-electron chi connectivity index (χ0n) is 8.07. The predicted octanol–water partition coefficient (Wildman–Crippen LogP) is 1.25. The maximum atomic E-state index is 13.5. The lowest BCUT2D eigenvalue weighted by Crippen LogP contribution is -2.15. The molecule has 78 valence electrons. The molecule has 0 saturated carbocycles. The molecule has 1 rings (SSSR count). The first-order valence-corrected chi connectivity index (χ1v) is 4.26. The van der Waals surface area contributed by atoms with Gasteiger partial charge in [-0.15, -0.1) is 0 Å². The van der Waals surface area contributed by atoms with Gasteiger partial charge in [0.05, 0.1) is 13.2 Å². The number of aliphatic hydroxyl groups is 2. The molecule has 0 aliphatic rings. The van der Waals surface area contributed by atoms with Crippen molar-refractivity contribution in [1.29, 1.82) is 0 Å². The minimum absolute atomic E-state index is 0.0411. The molecule has 0 aliphatic heterocycles. The standard InChI is InChI=1S/C10H13FO3/c1-6(12)10(13)7-4-3-5-8(14-2)9(7)11/h3-6,10,12-13H,1-2H3. The lowest BCUT2D eigenvalue weighted by atomic mass is 10.0. The maximum Gasteiger partial charge on any atom is 0.170 e. The van der Waals surface area contributed by atoms with Crippen LogP contribution in [-0.4, -0.2) is 23.4 Å². The van der Waals surface area contributed by atoms with Crippen molar-refractivity contribution in [2.24, 2.45) is 0 Å². The molecule has 1 aromatic rings. The summed E-state index contributed by atoms with van der Waals surface area (Å²) in [7, 11) is 1.34. The smallest absolute Gasteiger partial charge is 0.170 e. The molecular weight excluding hydrogens is 187 g/mol. The molecular formula is C10H13FO3. The van der Waals surface area contributed by atoms with Crippen LogP contribution in [0.15, 0.2) is 18.2 Å². The summed E-state index contributed by atoms with van der Waals surface area (Å²) in [6.07, 6.45) is -2.25. The van der Waals surface area contributed by atoms with Crippen molar-refractivity contribution in [3.8, 4) is 5.75 Å². The van der Waals surface area contributed by atoms with Gasteiger partial charge in [0.25, 0.3) is 0 Å². The fraction of sp³-hybridized carbons (Fsp3) is 0.400. The van der Waals surface area contributed by atoms with Gasteiger partial charge in [-0.25, -0.2) is 4.39 Å². The number of hydrogen-bond donors (Lipinski definition) is 2. The number of methoxy groups -OCH3 is 1. The van der Waals surface area contributed by atoms with E-state index in [-0.39, 0.29) is 11.3 Å². The Labute approximate surface area is 81.8 Å². The highest BCUT2D eigenvalue weighted by atomic mass is 19.1. The fourth-order valence-corrected chi connectivity index (χ4v) is 1.17. The van der Waals surface area contributed by atoms with Gasteiger partial charge in [0, 0.05) is 5.56 Å². The Bertz CT molecular complexity index is 312. The summed E-state index contributed by atoms with van der Waals surface area (Å²) in [5.41, 5.74) is 0.0411. The SMILES string of the molecule is COc1cccc(C(O)C(C)O)c1F. The van der Waals surface area contributed by atoms with Gasteiger partial charge in [-0.3, -0.25) is 0 Å². The van der Waals surface area contributed by atoms with Gasteiger partial charge in [0.1, 0.15) is 6.10 Å². The molecule has 2 unspecified atom stereocenters. The van der Waals surface area contributed by atoms with Crippen molar-refractivity contribution in [2.45, 2.75) is 19.1 Å². The summed E-state index contributed by atoms with van der Waals surface area (Å²) in [6, 6.07) is 4.42. The van der Waals surface area contributed by atoms with Crippen LogP contribution < -0.4 is 4.74 Å². The van der Waals surface area contributed by atoms with E-state index in [1.807, 2.05) is 0 Å². The van der Waals surface area contributed by atoms with Crippen LogP contribution in [0.25, 0.3) is 0 Å². The van der Waals surface area contributed by atoms with Crippen molar-refractivity contribution >= 4 is 0 Å². The molecule has 0 bridgehead atoms. The van der Waals surface area contributed by atoms with Crippen molar-refractivity contribution in [2.75, 3.05) is 7.11 Å². The number of halogens is 1. The summed E-state index contributed by atoms with van der Waals surface area (Å²) < 4.78 is 18.2. The predicted molar refractivity (Wildman–Crippen MR) is 49.6 cm³/mol. The second-order valence-electron chi connectivity index (χ2n) is 3.05. The van der Waals surface area contributed by atoms with Gasteiger partial charge in [0.15, 0.2) is 11.6 Å². The van der Waals surface area contributed by atoms with E-state index in [0.29, 0.717) is 0 Å². The Morgan fingerprint density at radius 3 is 2.50 bits per heavy atom. The minimum Gasteiger partial charge on any atom is -0.494 e. The van der Waals surface area contributed by atoms with Gasteiger partial charge < -0.3 is 14.9 Å². The van der Waals surface area contributed by atoms with E-state index in [9.17, 15) is 9.50 Å². The number of ether oxygens (including phenoxy) is 1. The maximum absolute atomic E-state index is 13.5. The molecule has 1 aromatic carbocycles. The number of hydrogen-bond acceptors (Lipinski definition) is 3. The third-order valence-corrected chi connectivity index (χ3v) is 1.99. The normalized spacial score (nSPS) is 14.9. The Morgan fingerprint density at radius 2 is 2.00 bits per heavy atom. The highest BCUT2D eigenvalue weighted by Gasteiger charge is 2.19. The van der Waals surface area contributed by atoms with E-state index in [4.69, 9.17) is 9.84 Å². The van der Waals surface area contributed by atoms with Crippen LogP contribution in [0.2, 0.25) is 0 Å². The average molecular weight is 200 g/mol. The van der Waals surface area contributed by atoms with Crippen LogP contribution in [0.1, 0.15) is 18.6 Å². The minimum atomic E-state index is -1.23. The summed E-state index contributed by atoms with van der Waals surface area (Å²) in [5.74, 6) is -0.578. The Hall–Kier alpha value is -1.13. The number of rotatable bonds is 3. The zero-order chi connectivity index (χ0) is 10.7. The van der Waals surface area contributed by atoms with Crippen LogP contribution in [0, 0.1) is 5.82 Å². The molecule has 2 atom stereocenters. The molecule has 0 spiro atoms. The van der Waals surface area contributed by atoms with Gasteiger partial charge in [0.2, 0.25) is 0 Å². The number of benzene rings is 1. The molecule has 3 nitrogen and oxygen atoms in total. The Balaban J connectivity index is 3.09. The lowest BCUT2D eigenvalue weighted by molar-refractivity contribution is 0.0280. The van der Waals surface area contributed by atoms with E-state index >= 15 is 0 Å². The second kappa shape index (κ2) is 4.39. The first kappa shape index (κ1) is 10.9. The van der Waals surface area contributed by atoms with Crippen LogP contribution in [-0.2, 0) is 0 Å². The Morgan fingerprint density at radius 1 is 1.36 bits per heavy atom. The highest BCUT2D eigenvalue weighted by Crippen LogP contribution is 2.26. The summed E-state index contributed by atoms with van der Waals surface area (Å²) >= 11 is 0. The van der Waals surface area contributed by atoms with E-state index in [1.54, 1.807) is 6.07 Å². The molecule has 0 saturated heterocycles. The van der Waals surface area contributed by atoms with E-state index < -0.39 is 18.0 Å². The molecule has 0 aromatic heterocycles. The zero-order valence-corrected chi connectivity index (χ0v) is 8.07. The molecule has 0 heterocycles. The molecule has 0 radical (unpaired) electrons.